The van der Waals surface area contributed by atoms with Gasteiger partial charge >= 0.3 is 0 Å². The van der Waals surface area contributed by atoms with Crippen molar-refractivity contribution in [1.29, 1.82) is 0 Å². The van der Waals surface area contributed by atoms with Crippen LogP contribution in [-0.4, -0.2) is 71.9 Å². The Morgan fingerprint density at radius 2 is 1.92 bits per heavy atom. The van der Waals surface area contributed by atoms with Crippen LogP contribution in [0.2, 0.25) is 0 Å². The second kappa shape index (κ2) is 9.73. The maximum Gasteiger partial charge on any atom is 0.295 e. The summed E-state index contributed by atoms with van der Waals surface area (Å²) in [5.41, 5.74) is 3.65. The van der Waals surface area contributed by atoms with Gasteiger partial charge in [0.05, 0.1) is 42.2 Å². The molecule has 0 aliphatic carbocycles. The molecule has 190 valence electrons. The summed E-state index contributed by atoms with van der Waals surface area (Å²) in [7, 11) is 1.49. The molecule has 5 heterocycles. The Morgan fingerprint density at radius 3 is 2.61 bits per heavy atom. The molecule has 6 rings (SSSR count). The van der Waals surface area contributed by atoms with Crippen molar-refractivity contribution in [1.82, 2.24) is 40.1 Å². The molecule has 0 atom stereocenters. The number of nitrogens with one attached hydrogen (secondary N) is 1. The van der Waals surface area contributed by atoms with Crippen LogP contribution in [0.4, 0.5) is 0 Å². The highest BCUT2D eigenvalue weighted by Crippen LogP contribution is 2.33. The number of hydrogen-bond acceptors (Lipinski definition) is 9. The van der Waals surface area contributed by atoms with Crippen molar-refractivity contribution >= 4 is 28.2 Å². The molecule has 1 aromatic carbocycles. The molecule has 38 heavy (non-hydrogen) atoms. The second-order valence-electron chi connectivity index (χ2n) is 8.66. The first-order valence-corrected chi connectivity index (χ1v) is 11.9. The monoisotopic (exact) mass is 510 g/mol. The minimum atomic E-state index is -0.627. The predicted octanol–water partition coefficient (Wildman–Crippen LogP) is 2.84. The number of H-pyrrole nitrogens is 1. The van der Waals surface area contributed by atoms with E-state index in [4.69, 9.17) is 9.15 Å². The number of fused-ring (bicyclic) bond motifs is 1. The molecule has 5 aromatic rings. The van der Waals surface area contributed by atoms with Crippen LogP contribution in [0, 0.1) is 0 Å². The molecular weight excluding hydrogens is 488 g/mol. The lowest BCUT2D eigenvalue weighted by Gasteiger charge is -2.29. The van der Waals surface area contributed by atoms with E-state index in [-0.39, 0.29) is 5.56 Å². The van der Waals surface area contributed by atoms with E-state index >= 15 is 0 Å². The summed E-state index contributed by atoms with van der Waals surface area (Å²) in [6, 6.07) is 9.81. The third kappa shape index (κ3) is 4.01. The highest BCUT2D eigenvalue weighted by Gasteiger charge is 2.31. The summed E-state index contributed by atoms with van der Waals surface area (Å²) in [6.07, 6.45) is 8.61. The highest BCUT2D eigenvalue weighted by molar-refractivity contribution is 6.45. The van der Waals surface area contributed by atoms with Crippen LogP contribution in [0.5, 0.6) is 5.75 Å². The summed E-state index contributed by atoms with van der Waals surface area (Å²) < 4.78 is 12.5. The number of nitrogens with zero attached hydrogens (tertiary/aromatic N) is 7. The average molecular weight is 511 g/mol. The van der Waals surface area contributed by atoms with Gasteiger partial charge in [-0.25, -0.2) is 9.67 Å². The zero-order chi connectivity index (χ0) is 26.1. The molecule has 1 N–H and O–H groups in total. The van der Waals surface area contributed by atoms with Gasteiger partial charge in [0.2, 0.25) is 12.3 Å². The molecular formula is C26H22N8O4. The number of Topliss-reactive ketones (excluding diaryl/α,β-unsaturated/α-hetero) is 1. The summed E-state index contributed by atoms with van der Waals surface area (Å²) in [6.45, 7) is 0.769. The molecule has 0 radical (unpaired) electrons. The van der Waals surface area contributed by atoms with Crippen LogP contribution in [-0.2, 0) is 4.79 Å². The van der Waals surface area contributed by atoms with Crippen LogP contribution in [0.3, 0.4) is 0 Å². The number of aromatic nitrogens is 7. The molecule has 4 aromatic heterocycles. The third-order valence-electron chi connectivity index (χ3n) is 6.60. The van der Waals surface area contributed by atoms with E-state index in [2.05, 4.69) is 30.5 Å². The first-order chi connectivity index (χ1) is 18.7. The van der Waals surface area contributed by atoms with Gasteiger partial charge < -0.3 is 19.0 Å². The Morgan fingerprint density at radius 1 is 1.11 bits per heavy atom. The summed E-state index contributed by atoms with van der Waals surface area (Å²) >= 11 is 0. The van der Waals surface area contributed by atoms with Gasteiger partial charge in [0.15, 0.2) is 5.82 Å². The summed E-state index contributed by atoms with van der Waals surface area (Å²) in [4.78, 5) is 35.8. The van der Waals surface area contributed by atoms with E-state index < -0.39 is 11.7 Å². The molecule has 1 aliphatic heterocycles. The molecule has 1 fully saturated rings. The Kier molecular flexibility index (Phi) is 5.96. The number of piperidine rings is 1. The zero-order valence-corrected chi connectivity index (χ0v) is 20.4. The van der Waals surface area contributed by atoms with Crippen molar-refractivity contribution in [2.45, 2.75) is 12.8 Å². The van der Waals surface area contributed by atoms with E-state index in [1.807, 2.05) is 30.3 Å². The minimum absolute atomic E-state index is 0.211. The number of ketones is 1. The van der Waals surface area contributed by atoms with Crippen molar-refractivity contribution in [2.75, 3.05) is 20.2 Å². The van der Waals surface area contributed by atoms with Gasteiger partial charge in [-0.3, -0.25) is 9.59 Å². The standard InChI is InChI=1S/C26H22N8O4/c1-37-19-14-28-24(34-12-9-29-32-34)22-21(19)18(13-27-22)23(35)26(36)33-10-7-17(8-11-33)20(25-31-30-15-38-25)16-5-3-2-4-6-16/h2-6,9,12-15,27H,7-8,10-11H2,1H3. The smallest absolute Gasteiger partial charge is 0.295 e. The molecule has 0 saturated carbocycles. The number of rotatable bonds is 6. The highest BCUT2D eigenvalue weighted by atomic mass is 16.5. The van der Waals surface area contributed by atoms with Crippen LogP contribution in [0.25, 0.3) is 22.3 Å². The first-order valence-electron chi connectivity index (χ1n) is 11.9. The molecule has 12 heteroatoms. The normalized spacial score (nSPS) is 13.6. The Balaban J connectivity index is 1.28. The van der Waals surface area contributed by atoms with Crippen LogP contribution in [0.15, 0.2) is 71.5 Å². The molecule has 1 saturated heterocycles. The van der Waals surface area contributed by atoms with Gasteiger partial charge in [-0.05, 0) is 18.4 Å². The second-order valence-corrected chi connectivity index (χ2v) is 8.66. The van der Waals surface area contributed by atoms with Crippen molar-refractivity contribution < 1.29 is 18.7 Å². The lowest BCUT2D eigenvalue weighted by atomic mass is 9.92. The first kappa shape index (κ1) is 23.3. The van der Waals surface area contributed by atoms with Gasteiger partial charge in [-0.15, -0.1) is 15.3 Å². The van der Waals surface area contributed by atoms with E-state index in [1.54, 1.807) is 11.1 Å². The number of ether oxygens (including phenoxy) is 1. The maximum atomic E-state index is 13.4. The molecule has 12 nitrogen and oxygen atoms in total. The van der Waals surface area contributed by atoms with Gasteiger partial charge in [0.25, 0.3) is 11.7 Å². The number of carbonyl (C=O) groups is 2. The van der Waals surface area contributed by atoms with Crippen molar-refractivity contribution in [3.63, 3.8) is 0 Å². The number of methoxy groups -OCH3 is 1. The van der Waals surface area contributed by atoms with Crippen molar-refractivity contribution in [3.8, 4) is 11.6 Å². The van der Waals surface area contributed by atoms with E-state index in [0.717, 1.165) is 16.7 Å². The van der Waals surface area contributed by atoms with Crippen LogP contribution >= 0.6 is 0 Å². The molecule has 0 unspecified atom stereocenters. The van der Waals surface area contributed by atoms with Crippen LogP contribution < -0.4 is 4.74 Å². The lowest BCUT2D eigenvalue weighted by molar-refractivity contribution is -0.126. The number of pyridine rings is 1. The van der Waals surface area contributed by atoms with E-state index in [0.29, 0.717) is 54.3 Å². The van der Waals surface area contributed by atoms with Gasteiger partial charge in [-0.2, -0.15) is 0 Å². The fourth-order valence-electron chi connectivity index (χ4n) is 4.79. The third-order valence-corrected chi connectivity index (χ3v) is 6.60. The number of carbonyl (C=O) groups excluding carboxylic acids is 2. The van der Waals surface area contributed by atoms with E-state index in [1.165, 1.54) is 36.8 Å². The molecule has 1 amide bonds. The number of amides is 1. The molecule has 0 spiro atoms. The SMILES string of the molecule is COc1cnc(-n2ccnn2)c2[nH]cc(C(=O)C(=O)N3CCC(=C(c4ccccc4)c4nnco4)CC3)c12. The summed E-state index contributed by atoms with van der Waals surface area (Å²) in [5, 5.41) is 16.2. The molecule has 1 aliphatic rings. The number of hydrogen-bond donors (Lipinski definition) is 1. The van der Waals surface area contributed by atoms with Crippen molar-refractivity contribution in [2.24, 2.45) is 0 Å². The lowest BCUT2D eigenvalue weighted by Crippen LogP contribution is -2.40. The predicted molar refractivity (Wildman–Crippen MR) is 134 cm³/mol. The number of aromatic amines is 1. The molecule has 0 bridgehead atoms. The minimum Gasteiger partial charge on any atom is -0.494 e. The van der Waals surface area contributed by atoms with Gasteiger partial charge in [0, 0.05) is 24.9 Å². The Labute approximate surface area is 215 Å². The fraction of sp³-hybridized carbons (Fsp3) is 0.192. The van der Waals surface area contributed by atoms with Crippen LogP contribution in [0.1, 0.15) is 34.7 Å². The average Bonchev–Trinajstić information content (AvgIpc) is 3.76. The largest absolute Gasteiger partial charge is 0.494 e. The quantitative estimate of drug-likeness (QED) is 0.269. The number of likely N-dealkylation sites (tertiary alicyclic amines) is 1. The zero-order valence-electron chi connectivity index (χ0n) is 20.4. The maximum absolute atomic E-state index is 13.4. The van der Waals surface area contributed by atoms with Crippen molar-refractivity contribution in [3.05, 3.63) is 84.1 Å². The van der Waals surface area contributed by atoms with Gasteiger partial charge in [0.1, 0.15) is 5.75 Å². The van der Waals surface area contributed by atoms with Gasteiger partial charge in [-0.1, -0.05) is 41.1 Å². The number of benzene rings is 1. The topological polar surface area (TPSA) is 145 Å². The fourth-order valence-corrected chi connectivity index (χ4v) is 4.79. The van der Waals surface area contributed by atoms with E-state index in [9.17, 15) is 9.59 Å². The Bertz CT molecular complexity index is 1630. The summed E-state index contributed by atoms with van der Waals surface area (Å²) in [5.74, 6) is 0.0389. The Hall–Kier alpha value is -5.13.